The monoisotopic (exact) mass is 350 g/mol. The SMILES string of the molecule is Cc1cc(=O)oc2cc(N)ccc12.NC(=O)NCCC[C@H](N)C(=O)O. The standard InChI is InChI=1S/C10H9NO2.C6H13N3O3/c1-6-4-10(12)13-9-5-7(11)2-3-8(6)9;7-4(5(10)11)2-1-3-9-6(8)12/h2-5H,11H2,1H3;4H,1-3,7H2,(H,10,11)(H3,8,9,12)/t;4-/m.0/s1. The Bertz CT molecular complexity index is 803. The van der Waals surface area contributed by atoms with Gasteiger partial charge in [-0.25, -0.2) is 9.59 Å². The smallest absolute Gasteiger partial charge is 0.336 e. The van der Waals surface area contributed by atoms with E-state index in [1.165, 1.54) is 6.07 Å². The highest BCUT2D eigenvalue weighted by molar-refractivity contribution is 5.82. The van der Waals surface area contributed by atoms with E-state index in [9.17, 15) is 14.4 Å². The number of rotatable bonds is 5. The molecule has 0 saturated carbocycles. The zero-order valence-corrected chi connectivity index (χ0v) is 13.8. The molecule has 0 aliphatic carbocycles. The number of nitrogen functional groups attached to an aromatic ring is 1. The molecular formula is C16H22N4O5. The number of amides is 2. The highest BCUT2D eigenvalue weighted by atomic mass is 16.4. The molecule has 2 rings (SSSR count). The van der Waals surface area contributed by atoms with Gasteiger partial charge in [0, 0.05) is 29.8 Å². The van der Waals surface area contributed by atoms with Crippen LogP contribution in [-0.4, -0.2) is 29.7 Å². The van der Waals surface area contributed by atoms with E-state index >= 15 is 0 Å². The summed E-state index contributed by atoms with van der Waals surface area (Å²) in [4.78, 5) is 31.3. The third-order valence-corrected chi connectivity index (χ3v) is 3.28. The second-order valence-corrected chi connectivity index (χ2v) is 5.38. The number of nitrogens with one attached hydrogen (secondary N) is 1. The lowest BCUT2D eigenvalue weighted by atomic mass is 10.1. The van der Waals surface area contributed by atoms with Gasteiger partial charge >= 0.3 is 17.6 Å². The first-order chi connectivity index (χ1) is 11.7. The highest BCUT2D eigenvalue weighted by Crippen LogP contribution is 2.18. The highest BCUT2D eigenvalue weighted by Gasteiger charge is 2.09. The van der Waals surface area contributed by atoms with Gasteiger partial charge in [0.05, 0.1) is 0 Å². The fraction of sp³-hybridized carbons (Fsp3) is 0.312. The lowest BCUT2D eigenvalue weighted by Crippen LogP contribution is -2.33. The van der Waals surface area contributed by atoms with Crippen LogP contribution >= 0.6 is 0 Å². The second-order valence-electron chi connectivity index (χ2n) is 5.38. The van der Waals surface area contributed by atoms with E-state index in [2.05, 4.69) is 5.32 Å². The van der Waals surface area contributed by atoms with Crippen molar-refractivity contribution in [3.05, 3.63) is 40.2 Å². The molecule has 9 heteroatoms. The molecule has 0 fully saturated rings. The quantitative estimate of drug-likeness (QED) is 0.297. The topological polar surface area (TPSA) is 175 Å². The molecule has 0 saturated heterocycles. The van der Waals surface area contributed by atoms with Gasteiger partial charge in [-0.3, -0.25) is 4.79 Å². The van der Waals surface area contributed by atoms with Crippen LogP contribution in [0.4, 0.5) is 10.5 Å². The number of carbonyl (C=O) groups is 2. The Morgan fingerprint density at radius 2 is 2.00 bits per heavy atom. The molecule has 0 bridgehead atoms. The number of nitrogens with two attached hydrogens (primary N) is 3. The molecule has 1 atom stereocenters. The van der Waals surface area contributed by atoms with E-state index < -0.39 is 18.0 Å². The van der Waals surface area contributed by atoms with Crippen molar-refractivity contribution in [2.24, 2.45) is 11.5 Å². The number of aliphatic carboxylic acids is 1. The van der Waals surface area contributed by atoms with E-state index in [0.717, 1.165) is 10.9 Å². The number of hydrogen-bond donors (Lipinski definition) is 5. The molecule has 1 aromatic heterocycles. The van der Waals surface area contributed by atoms with Crippen LogP contribution in [-0.2, 0) is 4.79 Å². The summed E-state index contributed by atoms with van der Waals surface area (Å²) in [7, 11) is 0. The van der Waals surface area contributed by atoms with E-state index in [1.54, 1.807) is 12.1 Å². The molecule has 9 nitrogen and oxygen atoms in total. The summed E-state index contributed by atoms with van der Waals surface area (Å²) >= 11 is 0. The first-order valence-electron chi connectivity index (χ1n) is 7.52. The van der Waals surface area contributed by atoms with Crippen LogP contribution in [0.1, 0.15) is 18.4 Å². The zero-order chi connectivity index (χ0) is 19.0. The van der Waals surface area contributed by atoms with Crippen molar-refractivity contribution in [2.75, 3.05) is 12.3 Å². The van der Waals surface area contributed by atoms with Crippen LogP contribution in [0.25, 0.3) is 11.0 Å². The average Bonchev–Trinajstić information content (AvgIpc) is 2.50. The molecule has 1 heterocycles. The Morgan fingerprint density at radius 1 is 1.32 bits per heavy atom. The number of anilines is 1. The van der Waals surface area contributed by atoms with Gasteiger partial charge in [-0.2, -0.15) is 0 Å². The summed E-state index contributed by atoms with van der Waals surface area (Å²) < 4.78 is 4.99. The molecule has 8 N–H and O–H groups in total. The van der Waals surface area contributed by atoms with Gasteiger partial charge in [-0.05, 0) is 37.5 Å². The van der Waals surface area contributed by atoms with Gasteiger partial charge in [0.1, 0.15) is 11.6 Å². The fourth-order valence-corrected chi connectivity index (χ4v) is 2.00. The van der Waals surface area contributed by atoms with Crippen molar-refractivity contribution in [3.63, 3.8) is 0 Å². The number of carbonyl (C=O) groups excluding carboxylic acids is 1. The van der Waals surface area contributed by atoms with Gasteiger partial charge in [-0.15, -0.1) is 0 Å². The third-order valence-electron chi connectivity index (χ3n) is 3.28. The number of fused-ring (bicyclic) bond motifs is 1. The second kappa shape index (κ2) is 9.28. The van der Waals surface area contributed by atoms with Gasteiger partial charge < -0.3 is 32.0 Å². The minimum atomic E-state index is -1.03. The summed E-state index contributed by atoms with van der Waals surface area (Å²) in [6, 6.07) is 5.29. The fourth-order valence-electron chi connectivity index (χ4n) is 2.00. The molecule has 0 unspecified atom stereocenters. The molecule has 0 radical (unpaired) electrons. The number of benzene rings is 1. The normalized spacial score (nSPS) is 11.3. The number of aryl methyl sites for hydroxylation is 1. The third kappa shape index (κ3) is 6.92. The average molecular weight is 350 g/mol. The van der Waals surface area contributed by atoms with E-state index in [-0.39, 0.29) is 5.63 Å². The molecule has 2 amide bonds. The Hall–Kier alpha value is -3.07. The van der Waals surface area contributed by atoms with Crippen molar-refractivity contribution < 1.29 is 19.1 Å². The van der Waals surface area contributed by atoms with Crippen molar-refractivity contribution in [1.82, 2.24) is 5.32 Å². The van der Waals surface area contributed by atoms with E-state index in [4.69, 9.17) is 26.7 Å². The Morgan fingerprint density at radius 3 is 2.60 bits per heavy atom. The number of hydrogen-bond acceptors (Lipinski definition) is 6. The van der Waals surface area contributed by atoms with Gasteiger partial charge in [0.15, 0.2) is 0 Å². The molecule has 0 spiro atoms. The van der Waals surface area contributed by atoms with Gasteiger partial charge in [0.2, 0.25) is 0 Å². The van der Waals surface area contributed by atoms with E-state index in [0.29, 0.717) is 30.7 Å². The molecule has 2 aromatic rings. The molecule has 0 aliphatic heterocycles. The zero-order valence-electron chi connectivity index (χ0n) is 13.8. The number of primary amides is 1. The Balaban J connectivity index is 0.000000252. The van der Waals surface area contributed by atoms with Crippen molar-refractivity contribution in [2.45, 2.75) is 25.8 Å². The first kappa shape index (κ1) is 20.0. The number of carboxylic acid groups (broad SMARTS) is 1. The van der Waals surface area contributed by atoms with Crippen molar-refractivity contribution in [1.29, 1.82) is 0 Å². The van der Waals surface area contributed by atoms with Gasteiger partial charge in [-0.1, -0.05) is 0 Å². The predicted molar refractivity (Wildman–Crippen MR) is 94.1 cm³/mol. The predicted octanol–water partition coefficient (Wildman–Crippen LogP) is 0.530. The molecular weight excluding hydrogens is 328 g/mol. The van der Waals surface area contributed by atoms with Crippen molar-refractivity contribution >= 4 is 28.7 Å². The summed E-state index contributed by atoms with van der Waals surface area (Å²) in [6.07, 6.45) is 0.839. The largest absolute Gasteiger partial charge is 0.480 e. The molecule has 136 valence electrons. The Kier molecular flexibility index (Phi) is 7.42. The molecule has 0 aliphatic rings. The maximum Gasteiger partial charge on any atom is 0.336 e. The summed E-state index contributed by atoms with van der Waals surface area (Å²) in [5.41, 5.74) is 17.2. The van der Waals surface area contributed by atoms with Crippen LogP contribution in [0, 0.1) is 6.92 Å². The van der Waals surface area contributed by atoms with Crippen molar-refractivity contribution in [3.8, 4) is 0 Å². The van der Waals surface area contributed by atoms with Crippen LogP contribution < -0.4 is 28.1 Å². The van der Waals surface area contributed by atoms with Crippen LogP contribution in [0.5, 0.6) is 0 Å². The van der Waals surface area contributed by atoms with E-state index in [1.807, 2.05) is 13.0 Å². The summed E-state index contributed by atoms with van der Waals surface area (Å²) in [5.74, 6) is -1.03. The minimum Gasteiger partial charge on any atom is -0.480 e. The molecule has 25 heavy (non-hydrogen) atoms. The number of carboxylic acids is 1. The number of urea groups is 1. The summed E-state index contributed by atoms with van der Waals surface area (Å²) in [5, 5.41) is 11.6. The minimum absolute atomic E-state index is 0.329. The Labute approximate surface area is 143 Å². The molecule has 1 aromatic carbocycles. The van der Waals surface area contributed by atoms with Crippen LogP contribution in [0.15, 0.2) is 33.5 Å². The maximum absolute atomic E-state index is 11.0. The van der Waals surface area contributed by atoms with Gasteiger partial charge in [0.25, 0.3) is 0 Å². The van der Waals surface area contributed by atoms with Crippen LogP contribution in [0.2, 0.25) is 0 Å². The lowest BCUT2D eigenvalue weighted by Gasteiger charge is -2.05. The van der Waals surface area contributed by atoms with Crippen LogP contribution in [0.3, 0.4) is 0 Å². The maximum atomic E-state index is 11.0. The first-order valence-corrected chi connectivity index (χ1v) is 7.52. The summed E-state index contributed by atoms with van der Waals surface area (Å²) in [6.45, 7) is 2.23. The lowest BCUT2D eigenvalue weighted by molar-refractivity contribution is -0.138.